The van der Waals surface area contributed by atoms with E-state index in [2.05, 4.69) is 49.1 Å². The first-order valence-corrected chi connectivity index (χ1v) is 9.15. The van der Waals surface area contributed by atoms with Crippen molar-refractivity contribution >= 4 is 5.97 Å². The second kappa shape index (κ2) is 7.77. The predicted octanol–water partition coefficient (Wildman–Crippen LogP) is 4.97. The summed E-state index contributed by atoms with van der Waals surface area (Å²) in [5.41, 5.74) is 4.31. The Bertz CT molecular complexity index is 776. The number of esters is 1. The van der Waals surface area contributed by atoms with E-state index in [0.29, 0.717) is 12.2 Å². The Morgan fingerprint density at radius 1 is 1.08 bits per heavy atom. The van der Waals surface area contributed by atoms with E-state index < -0.39 is 0 Å². The molecule has 2 aromatic carbocycles. The van der Waals surface area contributed by atoms with Crippen molar-refractivity contribution in [3.8, 4) is 0 Å². The van der Waals surface area contributed by atoms with Crippen LogP contribution in [0, 0.1) is 12.3 Å². The number of carbonyl (C=O) groups is 1. The van der Waals surface area contributed by atoms with Crippen molar-refractivity contribution in [2.75, 3.05) is 13.2 Å². The highest BCUT2D eigenvalue weighted by Gasteiger charge is 2.27. The third-order valence-electron chi connectivity index (χ3n) is 4.77. The Morgan fingerprint density at radius 3 is 2.46 bits per heavy atom. The Kier molecular flexibility index (Phi) is 5.46. The highest BCUT2D eigenvalue weighted by molar-refractivity contribution is 5.89. The number of carbonyl (C=O) groups excluding carboxylic acids is 1. The maximum Gasteiger partial charge on any atom is 0.338 e. The molecule has 1 aliphatic rings. The minimum atomic E-state index is -0.268. The Morgan fingerprint density at radius 2 is 1.77 bits per heavy atom. The SMILES string of the molecule is Cc1ccc(C(=O)OCC2=CCC(C)(C)CN2Cc2ccccc2)cc1. The lowest BCUT2D eigenvalue weighted by Gasteiger charge is -2.39. The zero-order chi connectivity index (χ0) is 18.6. The largest absolute Gasteiger partial charge is 0.456 e. The molecule has 0 bridgehead atoms. The maximum atomic E-state index is 12.3. The third kappa shape index (κ3) is 4.75. The topological polar surface area (TPSA) is 29.5 Å². The van der Waals surface area contributed by atoms with E-state index in [-0.39, 0.29) is 11.4 Å². The second-order valence-electron chi connectivity index (χ2n) is 7.85. The second-order valence-corrected chi connectivity index (χ2v) is 7.85. The molecule has 0 saturated heterocycles. The fourth-order valence-corrected chi connectivity index (χ4v) is 3.23. The van der Waals surface area contributed by atoms with E-state index in [9.17, 15) is 4.79 Å². The maximum absolute atomic E-state index is 12.3. The molecular weight excluding hydrogens is 322 g/mol. The first-order valence-electron chi connectivity index (χ1n) is 9.15. The average molecular weight is 349 g/mol. The van der Waals surface area contributed by atoms with Gasteiger partial charge in [-0.3, -0.25) is 0 Å². The standard InChI is InChI=1S/C23H27NO2/c1-18-9-11-20(12-10-18)22(25)26-16-21-13-14-23(2,3)17-24(21)15-19-7-5-4-6-8-19/h4-13H,14-17H2,1-3H3. The van der Waals surface area contributed by atoms with E-state index in [4.69, 9.17) is 4.74 Å². The zero-order valence-electron chi connectivity index (χ0n) is 15.9. The van der Waals surface area contributed by atoms with E-state index in [1.54, 1.807) is 0 Å². The Balaban J connectivity index is 1.68. The lowest BCUT2D eigenvalue weighted by molar-refractivity contribution is 0.0491. The van der Waals surface area contributed by atoms with Crippen molar-refractivity contribution in [2.45, 2.75) is 33.7 Å². The number of benzene rings is 2. The molecule has 0 radical (unpaired) electrons. The van der Waals surface area contributed by atoms with Crippen LogP contribution in [0.25, 0.3) is 0 Å². The van der Waals surface area contributed by atoms with E-state index in [0.717, 1.165) is 30.8 Å². The van der Waals surface area contributed by atoms with Gasteiger partial charge in [0, 0.05) is 18.8 Å². The van der Waals surface area contributed by atoms with Crippen LogP contribution in [0.15, 0.2) is 66.4 Å². The first kappa shape index (κ1) is 18.2. The van der Waals surface area contributed by atoms with Gasteiger partial charge in [-0.2, -0.15) is 0 Å². The molecule has 3 rings (SSSR count). The molecule has 3 nitrogen and oxygen atoms in total. The normalized spacial score (nSPS) is 16.1. The fourth-order valence-electron chi connectivity index (χ4n) is 3.23. The van der Waals surface area contributed by atoms with Gasteiger partial charge in [0.15, 0.2) is 0 Å². The molecule has 0 aliphatic carbocycles. The highest BCUT2D eigenvalue weighted by atomic mass is 16.5. The van der Waals surface area contributed by atoms with Gasteiger partial charge in [0.1, 0.15) is 6.61 Å². The molecule has 0 unspecified atom stereocenters. The number of hydrogen-bond acceptors (Lipinski definition) is 3. The summed E-state index contributed by atoms with van der Waals surface area (Å²) in [6, 6.07) is 17.9. The minimum Gasteiger partial charge on any atom is -0.456 e. The van der Waals surface area contributed by atoms with Crippen molar-refractivity contribution in [1.29, 1.82) is 0 Å². The van der Waals surface area contributed by atoms with Crippen LogP contribution in [0.5, 0.6) is 0 Å². The van der Waals surface area contributed by atoms with Crippen LogP contribution in [-0.4, -0.2) is 24.0 Å². The van der Waals surface area contributed by atoms with Crippen LogP contribution in [0.3, 0.4) is 0 Å². The van der Waals surface area contributed by atoms with Gasteiger partial charge in [-0.1, -0.05) is 68.0 Å². The summed E-state index contributed by atoms with van der Waals surface area (Å²) in [5.74, 6) is -0.268. The first-order chi connectivity index (χ1) is 12.4. The molecule has 136 valence electrons. The van der Waals surface area contributed by atoms with Crippen molar-refractivity contribution in [1.82, 2.24) is 4.90 Å². The third-order valence-corrected chi connectivity index (χ3v) is 4.77. The number of allylic oxidation sites excluding steroid dienone is 1. The van der Waals surface area contributed by atoms with Gasteiger partial charge in [0.2, 0.25) is 0 Å². The van der Waals surface area contributed by atoms with Gasteiger partial charge in [0.05, 0.1) is 5.56 Å². The molecule has 0 amide bonds. The number of nitrogens with zero attached hydrogens (tertiary/aromatic N) is 1. The van der Waals surface area contributed by atoms with Crippen LogP contribution >= 0.6 is 0 Å². The Labute approximate surface area is 156 Å². The van der Waals surface area contributed by atoms with Crippen LogP contribution in [0.1, 0.15) is 41.8 Å². The van der Waals surface area contributed by atoms with Crippen molar-refractivity contribution in [3.63, 3.8) is 0 Å². The summed E-state index contributed by atoms with van der Waals surface area (Å²) in [7, 11) is 0. The lowest BCUT2D eigenvalue weighted by Crippen LogP contribution is -2.38. The molecule has 2 aromatic rings. The molecule has 3 heteroatoms. The van der Waals surface area contributed by atoms with Gasteiger partial charge >= 0.3 is 5.97 Å². The fraction of sp³-hybridized carbons (Fsp3) is 0.348. The van der Waals surface area contributed by atoms with E-state index in [1.165, 1.54) is 5.56 Å². The molecule has 0 saturated carbocycles. The predicted molar refractivity (Wildman–Crippen MR) is 105 cm³/mol. The van der Waals surface area contributed by atoms with Crippen molar-refractivity contribution < 1.29 is 9.53 Å². The van der Waals surface area contributed by atoms with Gasteiger partial charge in [-0.15, -0.1) is 0 Å². The number of hydrogen-bond donors (Lipinski definition) is 0. The molecule has 0 aromatic heterocycles. The molecule has 0 N–H and O–H groups in total. The molecular formula is C23H27NO2. The van der Waals surface area contributed by atoms with Crippen LogP contribution in [-0.2, 0) is 11.3 Å². The average Bonchev–Trinajstić information content (AvgIpc) is 2.62. The van der Waals surface area contributed by atoms with E-state index in [1.807, 2.05) is 37.3 Å². The summed E-state index contributed by atoms with van der Waals surface area (Å²) in [5, 5.41) is 0. The van der Waals surface area contributed by atoms with Gasteiger partial charge in [-0.25, -0.2) is 4.79 Å². The molecule has 0 fully saturated rings. The molecule has 1 aliphatic heterocycles. The smallest absolute Gasteiger partial charge is 0.338 e. The van der Waals surface area contributed by atoms with Crippen molar-refractivity contribution in [3.05, 3.63) is 83.1 Å². The highest BCUT2D eigenvalue weighted by Crippen LogP contribution is 2.31. The summed E-state index contributed by atoms with van der Waals surface area (Å²) < 4.78 is 5.59. The monoisotopic (exact) mass is 349 g/mol. The number of ether oxygens (including phenoxy) is 1. The Hall–Kier alpha value is -2.55. The summed E-state index contributed by atoms with van der Waals surface area (Å²) in [4.78, 5) is 14.7. The summed E-state index contributed by atoms with van der Waals surface area (Å²) >= 11 is 0. The summed E-state index contributed by atoms with van der Waals surface area (Å²) in [6.07, 6.45) is 3.21. The molecule has 26 heavy (non-hydrogen) atoms. The van der Waals surface area contributed by atoms with Gasteiger partial charge in [0.25, 0.3) is 0 Å². The minimum absolute atomic E-state index is 0.221. The quantitative estimate of drug-likeness (QED) is 0.714. The molecule has 0 atom stereocenters. The zero-order valence-corrected chi connectivity index (χ0v) is 15.9. The van der Waals surface area contributed by atoms with Gasteiger partial charge in [-0.05, 0) is 36.5 Å². The van der Waals surface area contributed by atoms with Crippen LogP contribution < -0.4 is 0 Å². The lowest BCUT2D eigenvalue weighted by atomic mass is 9.85. The van der Waals surface area contributed by atoms with Crippen LogP contribution in [0.2, 0.25) is 0 Å². The number of aryl methyl sites for hydroxylation is 1. The van der Waals surface area contributed by atoms with Crippen LogP contribution in [0.4, 0.5) is 0 Å². The van der Waals surface area contributed by atoms with Crippen molar-refractivity contribution in [2.24, 2.45) is 5.41 Å². The summed E-state index contributed by atoms with van der Waals surface area (Å²) in [6.45, 7) is 8.65. The molecule has 1 heterocycles. The van der Waals surface area contributed by atoms with Gasteiger partial charge < -0.3 is 9.64 Å². The number of rotatable bonds is 5. The van der Waals surface area contributed by atoms with E-state index >= 15 is 0 Å². The molecule has 0 spiro atoms.